The lowest BCUT2D eigenvalue weighted by molar-refractivity contribution is 0.460. The molecule has 1 aromatic carbocycles. The van der Waals surface area contributed by atoms with E-state index >= 15 is 0 Å². The van der Waals surface area contributed by atoms with Crippen LogP contribution >= 0.6 is 0 Å². The first-order chi connectivity index (χ1) is 9.74. The number of rotatable bonds is 3. The van der Waals surface area contributed by atoms with Crippen molar-refractivity contribution in [2.24, 2.45) is 5.41 Å². The maximum atomic E-state index is 12.8. The summed E-state index contributed by atoms with van der Waals surface area (Å²) in [6, 6.07) is 8.06. The summed E-state index contributed by atoms with van der Waals surface area (Å²) in [5, 5.41) is 3.30. The topological polar surface area (TPSA) is 49.4 Å². The van der Waals surface area contributed by atoms with Crippen LogP contribution in [-0.4, -0.2) is 27.8 Å². The van der Waals surface area contributed by atoms with Crippen molar-refractivity contribution >= 4 is 15.7 Å². The predicted molar refractivity (Wildman–Crippen MR) is 88.1 cm³/mol. The van der Waals surface area contributed by atoms with Crippen LogP contribution < -0.4 is 9.62 Å². The van der Waals surface area contributed by atoms with Gasteiger partial charge in [0.2, 0.25) is 10.0 Å². The first-order valence-corrected chi connectivity index (χ1v) is 9.12. The molecule has 5 heteroatoms. The molecular weight excluding hydrogens is 284 g/mol. The van der Waals surface area contributed by atoms with Crippen LogP contribution in [0.25, 0.3) is 0 Å². The van der Waals surface area contributed by atoms with E-state index in [1.165, 1.54) is 0 Å². The van der Waals surface area contributed by atoms with Crippen molar-refractivity contribution in [1.29, 1.82) is 0 Å². The first kappa shape index (κ1) is 16.3. The van der Waals surface area contributed by atoms with Crippen LogP contribution in [0.1, 0.15) is 45.2 Å². The van der Waals surface area contributed by atoms with Gasteiger partial charge in [-0.25, -0.2) is 8.42 Å². The molecule has 0 aliphatic carbocycles. The molecule has 0 aromatic heterocycles. The third-order valence-electron chi connectivity index (χ3n) is 3.73. The molecule has 0 saturated heterocycles. The number of hydrogen-bond donors (Lipinski definition) is 1. The van der Waals surface area contributed by atoms with Gasteiger partial charge in [-0.1, -0.05) is 39.0 Å². The molecule has 0 fully saturated rings. The van der Waals surface area contributed by atoms with E-state index in [0.29, 0.717) is 6.54 Å². The zero-order valence-electron chi connectivity index (χ0n) is 13.4. The van der Waals surface area contributed by atoms with Crippen LogP contribution in [-0.2, 0) is 10.0 Å². The highest BCUT2D eigenvalue weighted by atomic mass is 32.2. The van der Waals surface area contributed by atoms with Crippen molar-refractivity contribution < 1.29 is 8.42 Å². The van der Waals surface area contributed by atoms with E-state index < -0.39 is 10.0 Å². The molecule has 1 aliphatic rings. The second-order valence-electron chi connectivity index (χ2n) is 6.93. The molecule has 0 amide bonds. The van der Waals surface area contributed by atoms with Gasteiger partial charge in [0.05, 0.1) is 11.4 Å². The van der Waals surface area contributed by atoms with E-state index in [1.807, 2.05) is 52.1 Å². The lowest BCUT2D eigenvalue weighted by Crippen LogP contribution is -2.37. The van der Waals surface area contributed by atoms with E-state index in [0.717, 1.165) is 24.1 Å². The summed E-state index contributed by atoms with van der Waals surface area (Å²) in [7, 11) is -1.37. The SMILES string of the molecule is CNC1CCCN(S(=O)(=O)CC(C)(C)C)c2ccccc21. The average molecular weight is 310 g/mol. The molecule has 0 radical (unpaired) electrons. The van der Waals surface area contributed by atoms with Gasteiger partial charge in [-0.3, -0.25) is 4.31 Å². The molecule has 4 nitrogen and oxygen atoms in total. The molecule has 118 valence electrons. The van der Waals surface area contributed by atoms with Crippen LogP contribution in [0.15, 0.2) is 24.3 Å². The Morgan fingerprint density at radius 1 is 1.29 bits per heavy atom. The van der Waals surface area contributed by atoms with Gasteiger partial charge in [0.1, 0.15) is 0 Å². The number of para-hydroxylation sites is 1. The lowest BCUT2D eigenvalue weighted by atomic mass is 10.0. The highest BCUT2D eigenvalue weighted by Gasteiger charge is 2.32. The van der Waals surface area contributed by atoms with E-state index in [4.69, 9.17) is 0 Å². The van der Waals surface area contributed by atoms with E-state index in [1.54, 1.807) is 4.31 Å². The quantitative estimate of drug-likeness (QED) is 0.934. The molecule has 0 saturated carbocycles. The molecule has 2 rings (SSSR count). The fourth-order valence-electron chi connectivity index (χ4n) is 2.94. The molecule has 1 N–H and O–H groups in total. The number of nitrogens with zero attached hydrogens (tertiary/aromatic N) is 1. The van der Waals surface area contributed by atoms with Crippen molar-refractivity contribution in [2.75, 3.05) is 23.7 Å². The molecular formula is C16H26N2O2S. The summed E-state index contributed by atoms with van der Waals surface area (Å²) in [5.74, 6) is 0.165. The summed E-state index contributed by atoms with van der Waals surface area (Å²) in [6.07, 6.45) is 1.82. The Morgan fingerprint density at radius 3 is 2.57 bits per heavy atom. The van der Waals surface area contributed by atoms with Gasteiger partial charge < -0.3 is 5.32 Å². The molecule has 1 unspecified atom stereocenters. The van der Waals surface area contributed by atoms with Gasteiger partial charge in [-0.2, -0.15) is 0 Å². The highest BCUT2D eigenvalue weighted by molar-refractivity contribution is 7.92. The van der Waals surface area contributed by atoms with E-state index in [9.17, 15) is 8.42 Å². The van der Waals surface area contributed by atoms with Gasteiger partial charge >= 0.3 is 0 Å². The summed E-state index contributed by atoms with van der Waals surface area (Å²) in [4.78, 5) is 0. The lowest BCUT2D eigenvalue weighted by Gasteiger charge is -2.28. The molecule has 0 bridgehead atoms. The third-order valence-corrected chi connectivity index (χ3v) is 6.02. The van der Waals surface area contributed by atoms with Crippen molar-refractivity contribution in [3.63, 3.8) is 0 Å². The largest absolute Gasteiger partial charge is 0.313 e. The third kappa shape index (κ3) is 3.77. The monoisotopic (exact) mass is 310 g/mol. The van der Waals surface area contributed by atoms with Crippen LogP contribution in [0.5, 0.6) is 0 Å². The smallest absolute Gasteiger partial charge is 0.235 e. The maximum absolute atomic E-state index is 12.8. The second kappa shape index (κ2) is 5.97. The Balaban J connectivity index is 2.45. The van der Waals surface area contributed by atoms with Crippen molar-refractivity contribution in [3.05, 3.63) is 29.8 Å². The molecule has 1 aliphatic heterocycles. The average Bonchev–Trinajstić information content (AvgIpc) is 2.55. The Kier molecular flexibility index (Phi) is 4.63. The standard InChI is InChI=1S/C16H26N2O2S/c1-16(2,3)12-21(19,20)18-11-7-9-14(17-4)13-8-5-6-10-15(13)18/h5-6,8,10,14,17H,7,9,11-12H2,1-4H3. The summed E-state index contributed by atoms with van der Waals surface area (Å²) < 4.78 is 27.3. The van der Waals surface area contributed by atoms with Gasteiger partial charge in [0.25, 0.3) is 0 Å². The number of hydrogen-bond acceptors (Lipinski definition) is 3. The number of nitrogens with one attached hydrogen (secondary N) is 1. The summed E-state index contributed by atoms with van der Waals surface area (Å²) in [5.41, 5.74) is 1.66. The van der Waals surface area contributed by atoms with Crippen LogP contribution in [0.4, 0.5) is 5.69 Å². The Morgan fingerprint density at radius 2 is 1.95 bits per heavy atom. The Hall–Kier alpha value is -1.07. The van der Waals surface area contributed by atoms with E-state index in [2.05, 4.69) is 5.32 Å². The predicted octanol–water partition coefficient (Wildman–Crippen LogP) is 2.92. The molecule has 1 heterocycles. The van der Waals surface area contributed by atoms with E-state index in [-0.39, 0.29) is 17.2 Å². The highest BCUT2D eigenvalue weighted by Crippen LogP contribution is 2.35. The fourth-order valence-corrected chi connectivity index (χ4v) is 5.06. The van der Waals surface area contributed by atoms with Crippen LogP contribution in [0, 0.1) is 5.41 Å². The van der Waals surface area contributed by atoms with Crippen LogP contribution in [0.3, 0.4) is 0 Å². The van der Waals surface area contributed by atoms with Gasteiger partial charge in [-0.15, -0.1) is 0 Å². The minimum Gasteiger partial charge on any atom is -0.313 e. The summed E-state index contributed by atoms with van der Waals surface area (Å²) >= 11 is 0. The number of fused-ring (bicyclic) bond motifs is 1. The summed E-state index contributed by atoms with van der Waals surface area (Å²) in [6.45, 7) is 6.45. The maximum Gasteiger partial charge on any atom is 0.235 e. The fraction of sp³-hybridized carbons (Fsp3) is 0.625. The minimum absolute atomic E-state index is 0.165. The molecule has 1 atom stereocenters. The number of sulfonamides is 1. The first-order valence-electron chi connectivity index (χ1n) is 7.51. The van der Waals surface area contributed by atoms with Crippen molar-refractivity contribution in [2.45, 2.75) is 39.7 Å². The van der Waals surface area contributed by atoms with Crippen molar-refractivity contribution in [3.8, 4) is 0 Å². The minimum atomic E-state index is -3.30. The van der Waals surface area contributed by atoms with Crippen molar-refractivity contribution in [1.82, 2.24) is 5.32 Å². The van der Waals surface area contributed by atoms with Gasteiger partial charge in [0, 0.05) is 12.6 Å². The Labute approximate surface area is 128 Å². The molecule has 1 aromatic rings. The zero-order valence-corrected chi connectivity index (χ0v) is 14.2. The number of anilines is 1. The molecule has 21 heavy (non-hydrogen) atoms. The zero-order chi connectivity index (χ0) is 15.7. The Bertz CT molecular complexity index is 591. The van der Waals surface area contributed by atoms with Crippen LogP contribution in [0.2, 0.25) is 0 Å². The van der Waals surface area contributed by atoms with Gasteiger partial charge in [-0.05, 0) is 36.9 Å². The van der Waals surface area contributed by atoms with Gasteiger partial charge in [0.15, 0.2) is 0 Å². The normalized spacial score (nSPS) is 20.0. The number of benzene rings is 1. The molecule has 0 spiro atoms. The second-order valence-corrected chi connectivity index (χ2v) is 8.82.